The lowest BCUT2D eigenvalue weighted by atomic mass is 10.0. The van der Waals surface area contributed by atoms with E-state index in [1.165, 1.54) is 82.6 Å². The molecule has 0 fully saturated rings. The van der Waals surface area contributed by atoms with Crippen LogP contribution in [0, 0.1) is 0 Å². The molecule has 0 amide bonds. The summed E-state index contributed by atoms with van der Waals surface area (Å²) >= 11 is 0. The molecule has 30 heavy (non-hydrogen) atoms. The van der Waals surface area contributed by atoms with Crippen molar-refractivity contribution in [3.8, 4) is 0 Å². The summed E-state index contributed by atoms with van der Waals surface area (Å²) in [6, 6.07) is 4.45. The maximum Gasteiger partial charge on any atom is 0.330 e. The monoisotopic (exact) mass is 440 g/mol. The molecule has 0 unspecified atom stereocenters. The first-order valence-corrected chi connectivity index (χ1v) is 14.2. The van der Waals surface area contributed by atoms with Crippen molar-refractivity contribution in [3.05, 3.63) is 30.1 Å². The molecule has 0 atom stereocenters. The van der Waals surface area contributed by atoms with Crippen molar-refractivity contribution in [3.63, 3.8) is 0 Å². The molecule has 1 rings (SSSR count). The normalized spacial score (nSPS) is 11.8. The van der Waals surface area contributed by atoms with E-state index in [0.717, 1.165) is 13.0 Å². The van der Waals surface area contributed by atoms with E-state index in [2.05, 4.69) is 36.0 Å². The number of rotatable bonds is 20. The minimum Gasteiger partial charge on any atom is -0.309 e. The second-order valence-electron chi connectivity index (χ2n) is 8.25. The first-order chi connectivity index (χ1) is 14.6. The Morgan fingerprint density at radius 1 is 0.733 bits per heavy atom. The van der Waals surface area contributed by atoms with E-state index < -0.39 is 7.60 Å². The quantitative estimate of drug-likeness (QED) is 0.120. The summed E-state index contributed by atoms with van der Waals surface area (Å²) in [5, 5.41) is 0. The van der Waals surface area contributed by atoms with Crippen molar-refractivity contribution < 1.29 is 18.2 Å². The summed E-state index contributed by atoms with van der Waals surface area (Å²) in [4.78, 5) is 0. The molecule has 0 saturated carbocycles. The second-order valence-corrected chi connectivity index (χ2v) is 10.4. The third-order valence-corrected chi connectivity index (χ3v) is 7.70. The summed E-state index contributed by atoms with van der Waals surface area (Å²) in [6.07, 6.45) is 22.0. The largest absolute Gasteiger partial charge is 0.330 e. The fourth-order valence-electron chi connectivity index (χ4n) is 3.80. The minimum atomic E-state index is -2.91. The van der Waals surface area contributed by atoms with Gasteiger partial charge in [0, 0.05) is 18.6 Å². The van der Waals surface area contributed by atoms with E-state index in [9.17, 15) is 4.57 Å². The fraction of sp³-hybridized carbons (Fsp3) is 0.800. The van der Waals surface area contributed by atoms with Gasteiger partial charge in [-0.3, -0.25) is 4.57 Å². The third kappa shape index (κ3) is 13.6. The Bertz CT molecular complexity index is 552. The predicted molar refractivity (Wildman–Crippen MR) is 127 cm³/mol. The van der Waals surface area contributed by atoms with Gasteiger partial charge in [0.1, 0.15) is 6.54 Å². The zero-order valence-corrected chi connectivity index (χ0v) is 20.8. The van der Waals surface area contributed by atoms with Crippen LogP contribution in [-0.4, -0.2) is 19.4 Å². The molecule has 174 valence electrons. The molecule has 1 heterocycles. The summed E-state index contributed by atoms with van der Waals surface area (Å²) in [6.45, 7) is 7.68. The number of hydrogen-bond acceptors (Lipinski definition) is 3. The lowest BCUT2D eigenvalue weighted by Crippen LogP contribution is -2.33. The van der Waals surface area contributed by atoms with Gasteiger partial charge in [-0.15, -0.1) is 0 Å². The second kappa shape index (κ2) is 17.9. The highest BCUT2D eigenvalue weighted by molar-refractivity contribution is 7.53. The van der Waals surface area contributed by atoms with Crippen LogP contribution < -0.4 is 4.57 Å². The maximum atomic E-state index is 12.5. The summed E-state index contributed by atoms with van der Waals surface area (Å²) < 4.78 is 25.4. The van der Waals surface area contributed by atoms with E-state index in [-0.39, 0.29) is 0 Å². The average molecular weight is 441 g/mol. The lowest BCUT2D eigenvalue weighted by Gasteiger charge is -2.15. The van der Waals surface area contributed by atoms with Crippen molar-refractivity contribution in [2.45, 2.75) is 111 Å². The molecule has 0 bridgehead atoms. The number of aromatic nitrogens is 1. The van der Waals surface area contributed by atoms with Crippen LogP contribution in [-0.2, 0) is 26.6 Å². The summed E-state index contributed by atoms with van der Waals surface area (Å²) in [7, 11) is -2.91. The van der Waals surface area contributed by atoms with Gasteiger partial charge in [0.25, 0.3) is 0 Å². The van der Waals surface area contributed by atoms with Crippen LogP contribution in [0.2, 0.25) is 0 Å². The zero-order chi connectivity index (χ0) is 21.9. The van der Waals surface area contributed by atoms with Crippen molar-refractivity contribution in [2.24, 2.45) is 0 Å². The lowest BCUT2D eigenvalue weighted by molar-refractivity contribution is -0.696. The van der Waals surface area contributed by atoms with Gasteiger partial charge in [-0.05, 0) is 32.3 Å². The van der Waals surface area contributed by atoms with Gasteiger partial charge >= 0.3 is 7.60 Å². The predicted octanol–water partition coefficient (Wildman–Crippen LogP) is 7.48. The molecule has 0 spiro atoms. The topological polar surface area (TPSA) is 39.4 Å². The minimum absolute atomic E-state index is 0.429. The van der Waals surface area contributed by atoms with Crippen LogP contribution in [0.1, 0.15) is 103 Å². The Morgan fingerprint density at radius 2 is 1.23 bits per heavy atom. The molecule has 1 aromatic heterocycles. The van der Waals surface area contributed by atoms with Gasteiger partial charge in [0.2, 0.25) is 0 Å². The van der Waals surface area contributed by atoms with Gasteiger partial charge < -0.3 is 9.05 Å². The van der Waals surface area contributed by atoms with Crippen LogP contribution >= 0.6 is 7.60 Å². The molecule has 4 nitrogen and oxygen atoms in total. The van der Waals surface area contributed by atoms with Crippen LogP contribution in [0.4, 0.5) is 0 Å². The van der Waals surface area contributed by atoms with Gasteiger partial charge in [0.05, 0.1) is 19.4 Å². The average Bonchev–Trinajstić information content (AvgIpc) is 2.73. The molecule has 0 saturated heterocycles. The Morgan fingerprint density at radius 3 is 1.73 bits per heavy atom. The Labute approximate surface area is 186 Å². The van der Waals surface area contributed by atoms with Crippen molar-refractivity contribution in [1.29, 1.82) is 0 Å². The molecular weight excluding hydrogens is 393 g/mol. The van der Waals surface area contributed by atoms with E-state index in [4.69, 9.17) is 9.05 Å². The summed E-state index contributed by atoms with van der Waals surface area (Å²) in [5.41, 5.74) is 1.41. The molecule has 0 aliphatic carbocycles. The van der Waals surface area contributed by atoms with Crippen molar-refractivity contribution >= 4 is 7.60 Å². The number of nitrogens with zero attached hydrogens (tertiary/aromatic N) is 1. The smallest absolute Gasteiger partial charge is 0.309 e. The SMILES string of the molecule is CCCCCCCCCCCCCc1cc[n+](CCCP(=O)(OCC)OCC)cc1. The molecule has 0 aliphatic rings. The van der Waals surface area contributed by atoms with Crippen molar-refractivity contribution in [2.75, 3.05) is 19.4 Å². The zero-order valence-electron chi connectivity index (χ0n) is 19.9. The highest BCUT2D eigenvalue weighted by atomic mass is 31.2. The Kier molecular flexibility index (Phi) is 16.3. The van der Waals surface area contributed by atoms with Crippen molar-refractivity contribution in [1.82, 2.24) is 0 Å². The van der Waals surface area contributed by atoms with Gasteiger partial charge in [-0.1, -0.05) is 71.1 Å². The van der Waals surface area contributed by atoms with Gasteiger partial charge in [-0.25, -0.2) is 4.57 Å². The summed E-state index contributed by atoms with van der Waals surface area (Å²) in [5.74, 6) is 0. The molecular formula is C25H47NO3P+. The first kappa shape index (κ1) is 27.3. The molecule has 0 radical (unpaired) electrons. The standard InChI is InChI=1S/C25H47NO3P/c1-4-7-8-9-10-11-12-13-14-15-16-18-25-19-22-26(23-20-25)21-17-24-30(27,28-5-2)29-6-3/h19-20,22-23H,4-18,21,24H2,1-3H3/q+1. The Balaban J connectivity index is 2.10. The highest BCUT2D eigenvalue weighted by Crippen LogP contribution is 2.48. The maximum absolute atomic E-state index is 12.5. The van der Waals surface area contributed by atoms with Gasteiger partial charge in [0.15, 0.2) is 12.4 Å². The van der Waals surface area contributed by atoms with Crippen LogP contribution in [0.5, 0.6) is 0 Å². The number of pyridine rings is 1. The van der Waals surface area contributed by atoms with Crippen LogP contribution in [0.3, 0.4) is 0 Å². The number of unbranched alkanes of at least 4 members (excludes halogenated alkanes) is 10. The Hall–Kier alpha value is -0.700. The molecule has 0 aliphatic heterocycles. The molecule has 0 aromatic carbocycles. The molecule has 5 heteroatoms. The molecule has 1 aromatic rings. The van der Waals surface area contributed by atoms with E-state index in [1.807, 2.05) is 13.8 Å². The highest BCUT2D eigenvalue weighted by Gasteiger charge is 2.23. The van der Waals surface area contributed by atoms with E-state index in [1.54, 1.807) is 0 Å². The number of hydrogen-bond donors (Lipinski definition) is 0. The van der Waals surface area contributed by atoms with Gasteiger partial charge in [-0.2, -0.15) is 0 Å². The van der Waals surface area contributed by atoms with Crippen LogP contribution in [0.25, 0.3) is 0 Å². The van der Waals surface area contributed by atoms with E-state index >= 15 is 0 Å². The third-order valence-electron chi connectivity index (χ3n) is 5.53. The molecule has 0 N–H and O–H groups in total. The number of aryl methyl sites for hydroxylation is 2. The fourth-order valence-corrected chi connectivity index (χ4v) is 5.45. The van der Waals surface area contributed by atoms with Crippen LogP contribution in [0.15, 0.2) is 24.5 Å². The first-order valence-electron chi connectivity index (χ1n) is 12.5. The van der Waals surface area contributed by atoms with E-state index in [0.29, 0.717) is 19.4 Å².